The largest absolute Gasteiger partial charge is 0.496 e. The van der Waals surface area contributed by atoms with E-state index in [1.54, 1.807) is 31.5 Å². The van der Waals surface area contributed by atoms with Crippen LogP contribution >= 0.6 is 0 Å². The molecule has 0 aliphatic heterocycles. The lowest BCUT2D eigenvalue weighted by atomic mass is 9.83. The predicted octanol–water partition coefficient (Wildman–Crippen LogP) is 2.94. The minimum Gasteiger partial charge on any atom is -0.496 e. The van der Waals surface area contributed by atoms with Crippen molar-refractivity contribution in [3.63, 3.8) is 0 Å². The van der Waals surface area contributed by atoms with Gasteiger partial charge in [-0.15, -0.1) is 0 Å². The number of ether oxygens (including phenoxy) is 1. The number of pyridine rings is 1. The number of amides is 1. The number of nitrogens with one attached hydrogen (secondary N) is 3. The van der Waals surface area contributed by atoms with E-state index in [-0.39, 0.29) is 29.0 Å². The van der Waals surface area contributed by atoms with Gasteiger partial charge in [0.05, 0.1) is 18.9 Å². The molecule has 1 aromatic carbocycles. The first-order valence-electron chi connectivity index (χ1n) is 11.1. The van der Waals surface area contributed by atoms with E-state index < -0.39 is 10.0 Å². The Kier molecular flexibility index (Phi) is 7.33. The van der Waals surface area contributed by atoms with Crippen LogP contribution in [0.3, 0.4) is 0 Å². The summed E-state index contributed by atoms with van der Waals surface area (Å²) in [6, 6.07) is 6.91. The lowest BCUT2D eigenvalue weighted by Gasteiger charge is -2.30. The van der Waals surface area contributed by atoms with Crippen LogP contribution in [0.2, 0.25) is 0 Å². The van der Waals surface area contributed by atoms with Gasteiger partial charge in [0, 0.05) is 29.4 Å². The molecule has 1 fully saturated rings. The van der Waals surface area contributed by atoms with Gasteiger partial charge in [-0.25, -0.2) is 13.1 Å². The van der Waals surface area contributed by atoms with Gasteiger partial charge in [-0.3, -0.25) is 9.59 Å². The Balaban J connectivity index is 1.91. The van der Waals surface area contributed by atoms with Crippen molar-refractivity contribution in [2.24, 2.45) is 0 Å². The van der Waals surface area contributed by atoms with Gasteiger partial charge >= 0.3 is 0 Å². The number of sulfonamides is 1. The maximum absolute atomic E-state index is 13.4. The molecule has 1 aliphatic carbocycles. The number of hydrogen-bond donors (Lipinski definition) is 3. The van der Waals surface area contributed by atoms with E-state index >= 15 is 0 Å². The molecule has 0 bridgehead atoms. The first-order chi connectivity index (χ1) is 15.4. The number of aromatic amines is 1. The lowest BCUT2D eigenvalue weighted by Crippen LogP contribution is -2.43. The average molecular weight is 476 g/mol. The van der Waals surface area contributed by atoms with Crippen molar-refractivity contribution in [1.82, 2.24) is 15.0 Å². The highest BCUT2D eigenvalue weighted by atomic mass is 32.2. The van der Waals surface area contributed by atoms with Crippen LogP contribution in [0.4, 0.5) is 0 Å². The third-order valence-corrected chi connectivity index (χ3v) is 6.68. The van der Waals surface area contributed by atoms with Crippen molar-refractivity contribution in [2.45, 2.75) is 64.0 Å². The quantitative estimate of drug-likeness (QED) is 0.594. The molecule has 1 aromatic heterocycles. The van der Waals surface area contributed by atoms with Gasteiger partial charge in [-0.1, -0.05) is 20.8 Å². The molecule has 180 valence electrons. The molecular formula is C24H33N3O5S. The van der Waals surface area contributed by atoms with E-state index in [0.29, 0.717) is 48.1 Å². The maximum atomic E-state index is 13.4. The van der Waals surface area contributed by atoms with Crippen LogP contribution in [0, 0.1) is 0 Å². The highest BCUT2D eigenvalue weighted by molar-refractivity contribution is 7.88. The molecule has 0 atom stereocenters. The molecule has 1 aliphatic rings. The number of carbonyl (C=O) groups is 1. The average Bonchev–Trinajstić information content (AvgIpc) is 2.73. The number of H-pyrrole nitrogens is 1. The van der Waals surface area contributed by atoms with Gasteiger partial charge in [0.2, 0.25) is 10.0 Å². The van der Waals surface area contributed by atoms with Gasteiger partial charge in [-0.05, 0) is 60.9 Å². The Hall–Kier alpha value is -2.65. The normalized spacial score (nSPS) is 19.2. The first-order valence-corrected chi connectivity index (χ1v) is 13.0. The van der Waals surface area contributed by atoms with E-state index in [1.807, 2.05) is 26.8 Å². The fraction of sp³-hybridized carbons (Fsp3) is 0.500. The molecule has 0 spiro atoms. The Labute approximate surface area is 195 Å². The number of hydrogen-bond acceptors (Lipinski definition) is 5. The fourth-order valence-corrected chi connectivity index (χ4v) is 5.14. The highest BCUT2D eigenvalue weighted by Crippen LogP contribution is 2.37. The van der Waals surface area contributed by atoms with E-state index in [0.717, 1.165) is 11.8 Å². The summed E-state index contributed by atoms with van der Waals surface area (Å²) in [7, 11) is -1.71. The zero-order valence-electron chi connectivity index (χ0n) is 19.8. The van der Waals surface area contributed by atoms with Crippen molar-refractivity contribution < 1.29 is 17.9 Å². The SMILES string of the molecule is COc1c(C(=O)NC2CCC(NS(C)(=O)=O)CC2)cc(-c2ccc[nH]c2=O)cc1C(C)(C)C. The Morgan fingerprint density at radius 2 is 1.76 bits per heavy atom. The maximum Gasteiger partial charge on any atom is 0.255 e. The summed E-state index contributed by atoms with van der Waals surface area (Å²) in [5, 5.41) is 3.08. The second-order valence-electron chi connectivity index (χ2n) is 9.68. The second kappa shape index (κ2) is 9.69. The van der Waals surface area contributed by atoms with Crippen LogP contribution < -0.4 is 20.3 Å². The third-order valence-electron chi connectivity index (χ3n) is 5.92. The predicted molar refractivity (Wildman–Crippen MR) is 129 cm³/mol. The van der Waals surface area contributed by atoms with Crippen LogP contribution in [0.25, 0.3) is 11.1 Å². The van der Waals surface area contributed by atoms with E-state index in [1.165, 1.54) is 0 Å². The van der Waals surface area contributed by atoms with E-state index in [4.69, 9.17) is 4.74 Å². The van der Waals surface area contributed by atoms with Crippen molar-refractivity contribution in [1.29, 1.82) is 0 Å². The topological polar surface area (TPSA) is 117 Å². The molecule has 0 unspecified atom stereocenters. The fourth-order valence-electron chi connectivity index (χ4n) is 4.30. The van der Waals surface area contributed by atoms with Crippen LogP contribution in [-0.2, 0) is 15.4 Å². The Morgan fingerprint density at radius 3 is 2.30 bits per heavy atom. The molecule has 0 saturated heterocycles. The lowest BCUT2D eigenvalue weighted by molar-refractivity contribution is 0.0922. The number of rotatable bonds is 6. The van der Waals surface area contributed by atoms with Gasteiger partial charge in [-0.2, -0.15) is 0 Å². The van der Waals surface area contributed by atoms with Gasteiger partial charge in [0.25, 0.3) is 11.5 Å². The summed E-state index contributed by atoms with van der Waals surface area (Å²) in [6.45, 7) is 6.09. The number of methoxy groups -OCH3 is 1. The van der Waals surface area contributed by atoms with Gasteiger partial charge in [0.15, 0.2) is 0 Å². The van der Waals surface area contributed by atoms with Crippen molar-refractivity contribution in [2.75, 3.05) is 13.4 Å². The van der Waals surface area contributed by atoms with Gasteiger partial charge < -0.3 is 15.0 Å². The molecule has 33 heavy (non-hydrogen) atoms. The summed E-state index contributed by atoms with van der Waals surface area (Å²) >= 11 is 0. The molecule has 1 heterocycles. The third kappa shape index (κ3) is 6.23. The zero-order chi connectivity index (χ0) is 24.4. The Bertz CT molecular complexity index is 1170. The Morgan fingerprint density at radius 1 is 1.12 bits per heavy atom. The molecule has 1 amide bonds. The molecule has 8 nitrogen and oxygen atoms in total. The van der Waals surface area contributed by atoms with Crippen molar-refractivity contribution >= 4 is 15.9 Å². The van der Waals surface area contributed by atoms with Crippen molar-refractivity contribution in [3.05, 3.63) is 51.9 Å². The molecule has 2 aromatic rings. The molecular weight excluding hydrogens is 442 g/mol. The molecule has 0 radical (unpaired) electrons. The van der Waals surface area contributed by atoms with Gasteiger partial charge in [0.1, 0.15) is 5.75 Å². The minimum atomic E-state index is -3.25. The second-order valence-corrected chi connectivity index (χ2v) is 11.5. The smallest absolute Gasteiger partial charge is 0.255 e. The zero-order valence-corrected chi connectivity index (χ0v) is 20.6. The van der Waals surface area contributed by atoms with Crippen LogP contribution in [0.5, 0.6) is 5.75 Å². The summed E-state index contributed by atoms with van der Waals surface area (Å²) in [5.41, 5.74) is 1.77. The van der Waals surface area contributed by atoms with Crippen LogP contribution in [0.15, 0.2) is 35.3 Å². The minimum absolute atomic E-state index is 0.0679. The molecule has 9 heteroatoms. The summed E-state index contributed by atoms with van der Waals surface area (Å²) in [5.74, 6) is 0.217. The molecule has 1 saturated carbocycles. The monoisotopic (exact) mass is 475 g/mol. The number of aromatic nitrogens is 1. The first kappa shape index (κ1) is 25.0. The van der Waals surface area contributed by atoms with E-state index in [9.17, 15) is 18.0 Å². The highest BCUT2D eigenvalue weighted by Gasteiger charge is 2.29. The number of carbonyl (C=O) groups excluding carboxylic acids is 1. The standard InChI is InChI=1S/C24H33N3O5S/c1-24(2,3)20-14-15(18-7-6-12-25-22(18)28)13-19(21(20)32-4)23(29)26-16-8-10-17(11-9-16)27-33(5,30)31/h6-7,12-14,16-17,27H,8-11H2,1-5H3,(H,25,28)(H,26,29). The summed E-state index contributed by atoms with van der Waals surface area (Å²) in [6.07, 6.45) is 5.38. The molecule has 3 rings (SSSR count). The van der Waals surface area contributed by atoms with Crippen molar-refractivity contribution in [3.8, 4) is 16.9 Å². The van der Waals surface area contributed by atoms with Crippen LogP contribution in [0.1, 0.15) is 62.4 Å². The van der Waals surface area contributed by atoms with Crippen LogP contribution in [-0.4, -0.2) is 44.8 Å². The summed E-state index contributed by atoms with van der Waals surface area (Å²) in [4.78, 5) is 28.5. The number of benzene rings is 1. The summed E-state index contributed by atoms with van der Waals surface area (Å²) < 4.78 is 31.3. The molecule has 3 N–H and O–H groups in total. The van der Waals surface area contributed by atoms with E-state index in [2.05, 4.69) is 15.0 Å².